The molecule has 0 aliphatic carbocycles. The lowest BCUT2D eigenvalue weighted by Crippen LogP contribution is -2.29. The molecule has 0 saturated carbocycles. The van der Waals surface area contributed by atoms with Crippen LogP contribution in [0.15, 0.2) is 5.11 Å². The van der Waals surface area contributed by atoms with Crippen molar-refractivity contribution in [3.05, 3.63) is 0 Å². The Kier molecular flexibility index (Phi) is 4.22. The van der Waals surface area contributed by atoms with E-state index in [-0.39, 0.29) is 6.04 Å². The van der Waals surface area contributed by atoms with Gasteiger partial charge in [-0.15, -0.1) is 0 Å². The molecular formula is C6H15N3. The monoisotopic (exact) mass is 129 g/mol. The lowest BCUT2D eigenvalue weighted by atomic mass is 10.3. The third kappa shape index (κ3) is 5.43. The zero-order valence-corrected chi connectivity index (χ0v) is 6.31. The van der Waals surface area contributed by atoms with Crippen molar-refractivity contribution in [3.8, 4) is 0 Å². The van der Waals surface area contributed by atoms with E-state index in [4.69, 9.17) is 5.53 Å². The highest BCUT2D eigenvalue weighted by atomic mass is 15.0. The molecule has 0 fully saturated rings. The lowest BCUT2D eigenvalue weighted by molar-refractivity contribution is 0.531. The van der Waals surface area contributed by atoms with Gasteiger partial charge >= 0.3 is 0 Å². The molecule has 1 atom stereocenters. The Morgan fingerprint density at radius 2 is 2.00 bits per heavy atom. The van der Waals surface area contributed by atoms with Crippen LogP contribution in [0.4, 0.5) is 0 Å². The second-order valence-electron chi connectivity index (χ2n) is 2.54. The van der Waals surface area contributed by atoms with E-state index in [2.05, 4.69) is 24.3 Å². The molecule has 9 heavy (non-hydrogen) atoms. The number of nitrogens with one attached hydrogen (secondary N) is 2. The molecule has 0 aliphatic heterocycles. The molecule has 0 aliphatic rings. The Morgan fingerprint density at radius 3 is 2.33 bits per heavy atom. The second-order valence-corrected chi connectivity index (χ2v) is 2.54. The van der Waals surface area contributed by atoms with E-state index >= 15 is 0 Å². The molecule has 0 aromatic heterocycles. The molecule has 3 heteroatoms. The Balaban J connectivity index is 3.16. The summed E-state index contributed by atoms with van der Waals surface area (Å²) in [5.74, 6) is 0. The van der Waals surface area contributed by atoms with Gasteiger partial charge in [0.15, 0.2) is 0 Å². The summed E-state index contributed by atoms with van der Waals surface area (Å²) in [6, 6.07) is 0.613. The number of nitrogens with zero attached hydrogens (tertiary/aromatic N) is 1. The van der Waals surface area contributed by atoms with Gasteiger partial charge in [0.05, 0.1) is 6.04 Å². The third-order valence-electron chi connectivity index (χ3n) is 1.04. The minimum absolute atomic E-state index is 0.118. The van der Waals surface area contributed by atoms with Gasteiger partial charge < -0.3 is 5.32 Å². The molecular weight excluding hydrogens is 114 g/mol. The number of hydrogen-bond donors (Lipinski definition) is 2. The first-order valence-corrected chi connectivity index (χ1v) is 3.26. The van der Waals surface area contributed by atoms with Crippen LogP contribution >= 0.6 is 0 Å². The minimum Gasteiger partial charge on any atom is -0.312 e. The van der Waals surface area contributed by atoms with Gasteiger partial charge in [0, 0.05) is 12.6 Å². The maximum Gasteiger partial charge on any atom is 0.0801 e. The summed E-state index contributed by atoms with van der Waals surface area (Å²) < 4.78 is 0. The average molecular weight is 129 g/mol. The first kappa shape index (κ1) is 8.56. The number of rotatable bonds is 4. The van der Waals surface area contributed by atoms with Gasteiger partial charge in [0.1, 0.15) is 0 Å². The Morgan fingerprint density at radius 1 is 1.44 bits per heavy atom. The third-order valence-corrected chi connectivity index (χ3v) is 1.04. The summed E-state index contributed by atoms with van der Waals surface area (Å²) in [6.45, 7) is 6.89. The summed E-state index contributed by atoms with van der Waals surface area (Å²) in [5, 5.41) is 6.53. The summed E-state index contributed by atoms with van der Waals surface area (Å²) in [6.07, 6.45) is 0. The molecule has 3 nitrogen and oxygen atoms in total. The smallest absolute Gasteiger partial charge is 0.0801 e. The fourth-order valence-electron chi connectivity index (χ4n) is 0.452. The van der Waals surface area contributed by atoms with E-state index in [1.54, 1.807) is 0 Å². The maximum atomic E-state index is 6.64. The van der Waals surface area contributed by atoms with Gasteiger partial charge in [-0.1, -0.05) is 13.8 Å². The summed E-state index contributed by atoms with van der Waals surface area (Å²) in [7, 11) is 0. The highest BCUT2D eigenvalue weighted by Crippen LogP contribution is 1.85. The quantitative estimate of drug-likeness (QED) is 0.554. The molecule has 2 N–H and O–H groups in total. The van der Waals surface area contributed by atoms with Crippen LogP contribution in [0.3, 0.4) is 0 Å². The molecule has 0 aromatic rings. The van der Waals surface area contributed by atoms with Crippen molar-refractivity contribution in [3.63, 3.8) is 0 Å². The Hall–Kier alpha value is -0.440. The van der Waals surface area contributed by atoms with Crippen molar-refractivity contribution in [2.45, 2.75) is 32.9 Å². The minimum atomic E-state index is 0.118. The van der Waals surface area contributed by atoms with E-state index < -0.39 is 0 Å². The largest absolute Gasteiger partial charge is 0.312 e. The predicted octanol–water partition coefficient (Wildman–Crippen LogP) is 1.40. The van der Waals surface area contributed by atoms with Crippen LogP contribution < -0.4 is 5.32 Å². The van der Waals surface area contributed by atoms with E-state index in [1.165, 1.54) is 0 Å². The van der Waals surface area contributed by atoms with E-state index in [0.29, 0.717) is 6.04 Å². The zero-order valence-electron chi connectivity index (χ0n) is 6.31. The van der Waals surface area contributed by atoms with Crippen LogP contribution in [0.1, 0.15) is 20.8 Å². The summed E-state index contributed by atoms with van der Waals surface area (Å²) in [4.78, 5) is 0. The highest BCUT2D eigenvalue weighted by molar-refractivity contribution is 4.61. The average Bonchev–Trinajstić information content (AvgIpc) is 1.83. The van der Waals surface area contributed by atoms with Crippen LogP contribution in [0.2, 0.25) is 0 Å². The Labute approximate surface area is 56.4 Å². The van der Waals surface area contributed by atoms with Gasteiger partial charge in [-0.05, 0) is 6.92 Å². The maximum absolute atomic E-state index is 6.64. The van der Waals surface area contributed by atoms with Crippen LogP contribution in [-0.4, -0.2) is 18.6 Å². The van der Waals surface area contributed by atoms with Crippen molar-refractivity contribution in [1.82, 2.24) is 5.32 Å². The molecule has 0 rings (SSSR count). The topological polar surface area (TPSA) is 48.2 Å². The van der Waals surface area contributed by atoms with Gasteiger partial charge in [0.25, 0.3) is 0 Å². The zero-order chi connectivity index (χ0) is 7.28. The first-order valence-electron chi connectivity index (χ1n) is 3.26. The van der Waals surface area contributed by atoms with Crippen LogP contribution in [-0.2, 0) is 0 Å². The normalized spacial score (nSPS) is 13.8. The van der Waals surface area contributed by atoms with Gasteiger partial charge in [-0.3, -0.25) is 0 Å². The molecule has 0 heterocycles. The first-order chi connectivity index (χ1) is 4.16. The highest BCUT2D eigenvalue weighted by Gasteiger charge is 1.97. The SMILES string of the molecule is CC(CNC(C)C)N=N. The molecule has 0 aromatic carbocycles. The number of hydrogen-bond acceptors (Lipinski definition) is 3. The summed E-state index contributed by atoms with van der Waals surface area (Å²) >= 11 is 0. The second kappa shape index (κ2) is 4.44. The van der Waals surface area contributed by atoms with E-state index in [0.717, 1.165) is 6.54 Å². The van der Waals surface area contributed by atoms with Crippen LogP contribution in [0.5, 0.6) is 0 Å². The van der Waals surface area contributed by atoms with Crippen molar-refractivity contribution < 1.29 is 0 Å². The molecule has 0 saturated heterocycles. The summed E-state index contributed by atoms with van der Waals surface area (Å²) in [5.41, 5.74) is 6.64. The van der Waals surface area contributed by atoms with Crippen LogP contribution in [0.25, 0.3) is 0 Å². The molecule has 0 radical (unpaired) electrons. The van der Waals surface area contributed by atoms with Crippen molar-refractivity contribution in [1.29, 1.82) is 5.53 Å². The Bertz CT molecular complexity index is 80.4. The fourth-order valence-corrected chi connectivity index (χ4v) is 0.452. The van der Waals surface area contributed by atoms with Gasteiger partial charge in [0.2, 0.25) is 0 Å². The van der Waals surface area contributed by atoms with E-state index in [9.17, 15) is 0 Å². The van der Waals surface area contributed by atoms with Crippen molar-refractivity contribution in [2.24, 2.45) is 5.11 Å². The molecule has 0 bridgehead atoms. The van der Waals surface area contributed by atoms with Crippen molar-refractivity contribution in [2.75, 3.05) is 6.54 Å². The van der Waals surface area contributed by atoms with Crippen LogP contribution in [0, 0.1) is 5.53 Å². The van der Waals surface area contributed by atoms with Crippen molar-refractivity contribution >= 4 is 0 Å². The fraction of sp³-hybridized carbons (Fsp3) is 1.00. The van der Waals surface area contributed by atoms with Gasteiger partial charge in [-0.25, -0.2) is 5.53 Å². The van der Waals surface area contributed by atoms with Gasteiger partial charge in [-0.2, -0.15) is 5.11 Å². The lowest BCUT2D eigenvalue weighted by Gasteiger charge is -2.08. The van der Waals surface area contributed by atoms with E-state index in [1.807, 2.05) is 6.92 Å². The molecule has 0 amide bonds. The standard InChI is InChI=1S/C6H15N3/c1-5(2)8-4-6(3)9-7/h5-8H,4H2,1-3H3. The molecule has 0 spiro atoms. The molecule has 1 unspecified atom stereocenters. The predicted molar refractivity (Wildman–Crippen MR) is 37.7 cm³/mol. The molecule has 54 valence electrons.